The van der Waals surface area contributed by atoms with Crippen LogP contribution in [0.1, 0.15) is 44.9 Å². The molecule has 15 heavy (non-hydrogen) atoms. The molecule has 0 fully saturated rings. The zero-order valence-electron chi connectivity index (χ0n) is 9.49. The highest BCUT2D eigenvalue weighted by Gasteiger charge is 1.85. The van der Waals surface area contributed by atoms with Gasteiger partial charge in [-0.3, -0.25) is 0 Å². The number of hydrogen-bond donors (Lipinski definition) is 0. The fourth-order valence-corrected chi connectivity index (χ4v) is 1.26. The van der Waals surface area contributed by atoms with E-state index in [4.69, 9.17) is 5.26 Å². The molecule has 82 valence electrons. The topological polar surface area (TPSA) is 23.8 Å². The maximum absolute atomic E-state index is 8.33. The number of allylic oxidation sites excluding steroid dienone is 5. The highest BCUT2D eigenvalue weighted by Crippen LogP contribution is 2.03. The van der Waals surface area contributed by atoms with Gasteiger partial charge in [0.15, 0.2) is 0 Å². The number of rotatable bonds is 9. The molecular formula is C14H21N. The van der Waals surface area contributed by atoms with Gasteiger partial charge in [0, 0.05) is 6.42 Å². The smallest absolute Gasteiger partial charge is 0.0621 e. The normalized spacial score (nSPS) is 10.9. The molecule has 0 spiro atoms. The lowest BCUT2D eigenvalue weighted by Gasteiger charge is -1.93. The minimum atomic E-state index is 0.704. The van der Waals surface area contributed by atoms with E-state index in [-0.39, 0.29) is 0 Å². The monoisotopic (exact) mass is 203 g/mol. The van der Waals surface area contributed by atoms with Gasteiger partial charge in [-0.05, 0) is 32.1 Å². The summed E-state index contributed by atoms with van der Waals surface area (Å²) in [5.74, 6) is 0. The minimum Gasteiger partial charge on any atom is -0.198 e. The van der Waals surface area contributed by atoms with E-state index in [1.54, 1.807) is 6.08 Å². The molecule has 0 aromatic heterocycles. The van der Waals surface area contributed by atoms with E-state index in [1.165, 1.54) is 12.8 Å². The fourth-order valence-electron chi connectivity index (χ4n) is 1.26. The van der Waals surface area contributed by atoms with Crippen molar-refractivity contribution in [2.75, 3.05) is 0 Å². The molecule has 0 aliphatic rings. The Bertz CT molecular complexity index is 230. The number of nitrogens with zero attached hydrogens (tertiary/aromatic N) is 1. The van der Waals surface area contributed by atoms with Crippen LogP contribution in [-0.4, -0.2) is 0 Å². The van der Waals surface area contributed by atoms with Gasteiger partial charge in [-0.2, -0.15) is 5.26 Å². The SMILES string of the molecule is C=C/C=C/CC/C=C/CCCCCC#N. The van der Waals surface area contributed by atoms with E-state index in [0.29, 0.717) is 6.42 Å². The van der Waals surface area contributed by atoms with E-state index in [1.807, 2.05) is 6.08 Å². The van der Waals surface area contributed by atoms with Gasteiger partial charge in [0.25, 0.3) is 0 Å². The molecule has 0 atom stereocenters. The molecule has 0 bridgehead atoms. The molecule has 0 heterocycles. The maximum Gasteiger partial charge on any atom is 0.0621 e. The zero-order chi connectivity index (χ0) is 11.2. The minimum absolute atomic E-state index is 0.704. The van der Waals surface area contributed by atoms with Crippen molar-refractivity contribution < 1.29 is 0 Å². The van der Waals surface area contributed by atoms with E-state index < -0.39 is 0 Å². The average Bonchev–Trinajstić information content (AvgIpc) is 2.26. The first-order chi connectivity index (χ1) is 7.41. The Morgan fingerprint density at radius 3 is 2.40 bits per heavy atom. The van der Waals surface area contributed by atoms with Gasteiger partial charge < -0.3 is 0 Å². The molecule has 0 saturated heterocycles. The van der Waals surface area contributed by atoms with Gasteiger partial charge in [-0.1, -0.05) is 43.4 Å². The van der Waals surface area contributed by atoms with Crippen LogP contribution in [0.3, 0.4) is 0 Å². The van der Waals surface area contributed by atoms with Gasteiger partial charge in [-0.15, -0.1) is 0 Å². The zero-order valence-corrected chi connectivity index (χ0v) is 9.49. The molecule has 0 amide bonds. The summed E-state index contributed by atoms with van der Waals surface area (Å²) in [6, 6.07) is 2.16. The van der Waals surface area contributed by atoms with Gasteiger partial charge in [0.1, 0.15) is 0 Å². The Morgan fingerprint density at radius 2 is 1.67 bits per heavy atom. The molecule has 1 nitrogen and oxygen atoms in total. The molecule has 0 N–H and O–H groups in total. The number of unbranched alkanes of at least 4 members (excludes halogenated alkanes) is 5. The second-order valence-electron chi connectivity index (χ2n) is 3.47. The molecule has 0 saturated carbocycles. The largest absolute Gasteiger partial charge is 0.198 e. The number of nitriles is 1. The Kier molecular flexibility index (Phi) is 11.6. The van der Waals surface area contributed by atoms with Crippen LogP contribution in [0.25, 0.3) is 0 Å². The van der Waals surface area contributed by atoms with Crippen molar-refractivity contribution in [1.82, 2.24) is 0 Å². The highest BCUT2D eigenvalue weighted by atomic mass is 14.2. The summed E-state index contributed by atoms with van der Waals surface area (Å²) in [5, 5.41) is 8.33. The van der Waals surface area contributed by atoms with Crippen LogP contribution in [0.5, 0.6) is 0 Å². The van der Waals surface area contributed by atoms with Crippen molar-refractivity contribution in [3.8, 4) is 6.07 Å². The van der Waals surface area contributed by atoms with E-state index in [9.17, 15) is 0 Å². The molecule has 0 aromatic carbocycles. The van der Waals surface area contributed by atoms with Crippen LogP contribution in [-0.2, 0) is 0 Å². The first-order valence-electron chi connectivity index (χ1n) is 5.71. The molecular weight excluding hydrogens is 182 g/mol. The summed E-state index contributed by atoms with van der Waals surface area (Å²) in [7, 11) is 0. The summed E-state index contributed by atoms with van der Waals surface area (Å²) in [4.78, 5) is 0. The standard InChI is InChI=1S/C14H21N/c1-2-3-4-5-6-7-8-9-10-11-12-13-14-15/h2-4,7-8H,1,5-6,9-13H2/b4-3+,8-7+. The third-order valence-corrected chi connectivity index (χ3v) is 2.10. The molecule has 0 aliphatic carbocycles. The van der Waals surface area contributed by atoms with Crippen LogP contribution < -0.4 is 0 Å². The summed E-state index contributed by atoms with van der Waals surface area (Å²) in [5.41, 5.74) is 0. The van der Waals surface area contributed by atoms with Crippen molar-refractivity contribution >= 4 is 0 Å². The molecule has 0 aliphatic heterocycles. The Morgan fingerprint density at radius 1 is 0.933 bits per heavy atom. The summed E-state index contributed by atoms with van der Waals surface area (Å²) in [6.45, 7) is 3.62. The molecule has 0 radical (unpaired) electrons. The van der Waals surface area contributed by atoms with Crippen molar-refractivity contribution in [2.45, 2.75) is 44.9 Å². The quantitative estimate of drug-likeness (QED) is 0.306. The molecule has 0 rings (SSSR count). The van der Waals surface area contributed by atoms with Crippen molar-refractivity contribution in [2.24, 2.45) is 0 Å². The second kappa shape index (κ2) is 12.7. The first-order valence-corrected chi connectivity index (χ1v) is 5.71. The lowest BCUT2D eigenvalue weighted by atomic mass is 10.1. The molecule has 0 unspecified atom stereocenters. The van der Waals surface area contributed by atoms with E-state index >= 15 is 0 Å². The van der Waals surface area contributed by atoms with Gasteiger partial charge in [0.05, 0.1) is 6.07 Å². The predicted molar refractivity (Wildman–Crippen MR) is 66.4 cm³/mol. The summed E-state index contributed by atoms with van der Waals surface area (Å²) in [6.07, 6.45) is 17.9. The van der Waals surface area contributed by atoms with Gasteiger partial charge in [0.2, 0.25) is 0 Å². The van der Waals surface area contributed by atoms with Crippen LogP contribution in [0.2, 0.25) is 0 Å². The third-order valence-electron chi connectivity index (χ3n) is 2.10. The maximum atomic E-state index is 8.33. The lowest BCUT2D eigenvalue weighted by molar-refractivity contribution is 0.699. The Labute approximate surface area is 93.8 Å². The van der Waals surface area contributed by atoms with Crippen molar-refractivity contribution in [1.29, 1.82) is 5.26 Å². The molecule has 1 heteroatoms. The van der Waals surface area contributed by atoms with Crippen LogP contribution in [0.15, 0.2) is 37.0 Å². The van der Waals surface area contributed by atoms with Crippen LogP contribution in [0, 0.1) is 11.3 Å². The fraction of sp³-hybridized carbons (Fsp3) is 0.500. The Balaban J connectivity index is 3.14. The highest BCUT2D eigenvalue weighted by molar-refractivity contribution is 4.98. The first kappa shape index (κ1) is 13.7. The lowest BCUT2D eigenvalue weighted by Crippen LogP contribution is -1.74. The predicted octanol–water partition coefficient (Wildman–Crippen LogP) is 4.54. The van der Waals surface area contributed by atoms with Gasteiger partial charge >= 0.3 is 0 Å². The molecule has 0 aromatic rings. The van der Waals surface area contributed by atoms with E-state index in [0.717, 1.165) is 25.7 Å². The average molecular weight is 203 g/mol. The van der Waals surface area contributed by atoms with Crippen LogP contribution in [0.4, 0.5) is 0 Å². The summed E-state index contributed by atoms with van der Waals surface area (Å²) < 4.78 is 0. The summed E-state index contributed by atoms with van der Waals surface area (Å²) >= 11 is 0. The van der Waals surface area contributed by atoms with Gasteiger partial charge in [-0.25, -0.2) is 0 Å². The second-order valence-corrected chi connectivity index (χ2v) is 3.47. The van der Waals surface area contributed by atoms with Crippen LogP contribution >= 0.6 is 0 Å². The van der Waals surface area contributed by atoms with E-state index in [2.05, 4.69) is 30.9 Å². The third kappa shape index (κ3) is 12.7. The van der Waals surface area contributed by atoms with Crippen molar-refractivity contribution in [3.63, 3.8) is 0 Å². The Hall–Kier alpha value is -1.29. The number of hydrogen-bond acceptors (Lipinski definition) is 1. The van der Waals surface area contributed by atoms with Crippen molar-refractivity contribution in [3.05, 3.63) is 37.0 Å².